The van der Waals surface area contributed by atoms with Gasteiger partial charge in [-0.25, -0.2) is 4.98 Å². The number of benzene rings is 1. The zero-order valence-corrected chi connectivity index (χ0v) is 10.8. The molecule has 3 nitrogen and oxygen atoms in total. The van der Waals surface area contributed by atoms with Gasteiger partial charge in [-0.15, -0.1) is 0 Å². The normalized spacial score (nSPS) is 14.2. The number of fused-ring (bicyclic) bond motifs is 2. The Hall–Kier alpha value is -1.77. The lowest BCUT2D eigenvalue weighted by molar-refractivity contribution is 0.732. The van der Waals surface area contributed by atoms with Crippen molar-refractivity contribution in [1.29, 1.82) is 0 Å². The third-order valence-corrected chi connectivity index (χ3v) is 3.73. The highest BCUT2D eigenvalue weighted by Crippen LogP contribution is 2.35. The van der Waals surface area contributed by atoms with Gasteiger partial charge in [0, 0.05) is 29.7 Å². The number of hydrogen-bond donors (Lipinski definition) is 1. The molecule has 0 atom stereocenters. The molecule has 0 saturated heterocycles. The van der Waals surface area contributed by atoms with Gasteiger partial charge in [-0.3, -0.25) is 0 Å². The van der Waals surface area contributed by atoms with Gasteiger partial charge in [0.2, 0.25) is 0 Å². The van der Waals surface area contributed by atoms with Crippen molar-refractivity contribution in [3.8, 4) is 0 Å². The van der Waals surface area contributed by atoms with E-state index in [0.717, 1.165) is 41.9 Å². The Morgan fingerprint density at radius 2 is 2.17 bits per heavy atom. The lowest BCUT2D eigenvalue weighted by atomic mass is 10.1. The lowest BCUT2D eigenvalue weighted by Gasteiger charge is -2.18. The van der Waals surface area contributed by atoms with Crippen molar-refractivity contribution < 1.29 is 0 Å². The van der Waals surface area contributed by atoms with Crippen molar-refractivity contribution in [1.82, 2.24) is 4.98 Å². The van der Waals surface area contributed by atoms with Gasteiger partial charge in [0.25, 0.3) is 0 Å². The van der Waals surface area contributed by atoms with Crippen LogP contribution in [0.5, 0.6) is 0 Å². The molecular formula is C15H19N3. The van der Waals surface area contributed by atoms with E-state index in [9.17, 15) is 0 Å². The van der Waals surface area contributed by atoms with E-state index in [2.05, 4.69) is 17.9 Å². The fraction of sp³-hybridized carbons (Fsp3) is 0.400. The van der Waals surface area contributed by atoms with Crippen LogP contribution in [0.25, 0.3) is 10.9 Å². The van der Waals surface area contributed by atoms with E-state index in [0.29, 0.717) is 0 Å². The van der Waals surface area contributed by atoms with Crippen molar-refractivity contribution in [2.45, 2.75) is 26.2 Å². The van der Waals surface area contributed by atoms with Gasteiger partial charge in [-0.05, 0) is 18.9 Å². The second kappa shape index (κ2) is 4.48. The predicted molar refractivity (Wildman–Crippen MR) is 77.0 cm³/mol. The molecule has 0 radical (unpaired) electrons. The topological polar surface area (TPSA) is 42.2 Å². The van der Waals surface area contributed by atoms with E-state index < -0.39 is 0 Å². The fourth-order valence-corrected chi connectivity index (χ4v) is 2.69. The molecular weight excluding hydrogens is 222 g/mol. The number of para-hydroxylation sites is 1. The van der Waals surface area contributed by atoms with Crippen LogP contribution >= 0.6 is 0 Å². The second-order valence-electron chi connectivity index (χ2n) is 4.94. The Labute approximate surface area is 108 Å². The molecule has 2 aromatic rings. The van der Waals surface area contributed by atoms with Gasteiger partial charge >= 0.3 is 0 Å². The van der Waals surface area contributed by atoms with Gasteiger partial charge in [-0.1, -0.05) is 31.5 Å². The predicted octanol–water partition coefficient (Wildman–Crippen LogP) is 2.98. The summed E-state index contributed by atoms with van der Waals surface area (Å²) in [4.78, 5) is 7.17. The van der Waals surface area contributed by atoms with E-state index in [1.807, 2.05) is 18.2 Å². The molecule has 0 bridgehead atoms. The Morgan fingerprint density at radius 3 is 3.00 bits per heavy atom. The van der Waals surface area contributed by atoms with Gasteiger partial charge < -0.3 is 10.6 Å². The first-order valence-electron chi connectivity index (χ1n) is 6.73. The highest BCUT2D eigenvalue weighted by molar-refractivity contribution is 5.94. The Kier molecular flexibility index (Phi) is 2.82. The van der Waals surface area contributed by atoms with E-state index >= 15 is 0 Å². The Morgan fingerprint density at radius 1 is 1.33 bits per heavy atom. The third kappa shape index (κ3) is 1.70. The van der Waals surface area contributed by atoms with E-state index in [-0.39, 0.29) is 0 Å². The number of hydrogen-bond acceptors (Lipinski definition) is 3. The van der Waals surface area contributed by atoms with Gasteiger partial charge in [0.05, 0.1) is 5.52 Å². The Bertz CT molecular complexity index is 577. The first kappa shape index (κ1) is 11.3. The van der Waals surface area contributed by atoms with E-state index in [1.54, 1.807) is 0 Å². The number of unbranched alkanes of at least 4 members (excludes halogenated alkanes) is 1. The number of nitrogens with two attached hydrogens (primary N) is 1. The molecule has 0 aliphatic carbocycles. The van der Waals surface area contributed by atoms with Crippen molar-refractivity contribution in [3.63, 3.8) is 0 Å². The van der Waals surface area contributed by atoms with Crippen LogP contribution in [0.4, 0.5) is 11.5 Å². The minimum absolute atomic E-state index is 0.926. The average molecular weight is 241 g/mol. The smallest absolute Gasteiger partial charge is 0.134 e. The van der Waals surface area contributed by atoms with Crippen molar-refractivity contribution in [2.24, 2.45) is 0 Å². The standard InChI is InChI=1S/C15H19N3/c1-2-3-9-18-10-8-12-14(16)11-6-4-5-7-13(11)17-15(12)18/h4-7H,2-3,8-10H2,1H3,(H2,16,17). The molecule has 0 unspecified atom stereocenters. The Balaban J connectivity index is 2.08. The molecule has 1 aromatic heterocycles. The summed E-state index contributed by atoms with van der Waals surface area (Å²) in [7, 11) is 0. The maximum Gasteiger partial charge on any atom is 0.134 e. The molecule has 0 spiro atoms. The fourth-order valence-electron chi connectivity index (χ4n) is 2.69. The van der Waals surface area contributed by atoms with Crippen LogP contribution in [-0.4, -0.2) is 18.1 Å². The minimum atomic E-state index is 0.926. The number of nitrogen functional groups attached to an aromatic ring is 1. The molecule has 0 fully saturated rings. The molecule has 1 aliphatic rings. The van der Waals surface area contributed by atoms with Crippen molar-refractivity contribution in [3.05, 3.63) is 29.8 Å². The molecule has 3 heteroatoms. The number of rotatable bonds is 3. The van der Waals surface area contributed by atoms with Crippen LogP contribution in [0.3, 0.4) is 0 Å². The molecule has 2 N–H and O–H groups in total. The zero-order valence-electron chi connectivity index (χ0n) is 10.8. The molecule has 18 heavy (non-hydrogen) atoms. The molecule has 94 valence electrons. The van der Waals surface area contributed by atoms with Crippen LogP contribution in [0.1, 0.15) is 25.3 Å². The van der Waals surface area contributed by atoms with E-state index in [1.165, 1.54) is 18.4 Å². The number of pyridine rings is 1. The largest absolute Gasteiger partial charge is 0.398 e. The van der Waals surface area contributed by atoms with Crippen molar-refractivity contribution in [2.75, 3.05) is 23.7 Å². The molecule has 1 aliphatic heterocycles. The number of anilines is 2. The molecule has 3 rings (SSSR count). The van der Waals surface area contributed by atoms with Crippen LogP contribution in [0, 0.1) is 0 Å². The summed E-state index contributed by atoms with van der Waals surface area (Å²) >= 11 is 0. The zero-order chi connectivity index (χ0) is 12.5. The average Bonchev–Trinajstić information content (AvgIpc) is 2.80. The maximum absolute atomic E-state index is 6.29. The molecule has 2 heterocycles. The summed E-state index contributed by atoms with van der Waals surface area (Å²) in [6.45, 7) is 4.37. The summed E-state index contributed by atoms with van der Waals surface area (Å²) in [5.74, 6) is 1.11. The van der Waals surface area contributed by atoms with Gasteiger partial charge in [0.1, 0.15) is 5.82 Å². The first-order chi connectivity index (χ1) is 8.81. The lowest BCUT2D eigenvalue weighted by Crippen LogP contribution is -2.22. The van der Waals surface area contributed by atoms with E-state index in [4.69, 9.17) is 10.7 Å². The van der Waals surface area contributed by atoms with Gasteiger partial charge in [-0.2, -0.15) is 0 Å². The highest BCUT2D eigenvalue weighted by Gasteiger charge is 2.23. The molecule has 0 saturated carbocycles. The summed E-state index contributed by atoms with van der Waals surface area (Å²) in [6, 6.07) is 8.15. The summed E-state index contributed by atoms with van der Waals surface area (Å²) in [5, 5.41) is 1.09. The first-order valence-corrected chi connectivity index (χ1v) is 6.73. The number of nitrogens with zero attached hydrogens (tertiary/aromatic N) is 2. The second-order valence-corrected chi connectivity index (χ2v) is 4.94. The van der Waals surface area contributed by atoms with Crippen LogP contribution in [-0.2, 0) is 6.42 Å². The highest BCUT2D eigenvalue weighted by atomic mass is 15.2. The van der Waals surface area contributed by atoms with Crippen molar-refractivity contribution >= 4 is 22.4 Å². The summed E-state index contributed by atoms with van der Waals surface area (Å²) < 4.78 is 0. The quantitative estimate of drug-likeness (QED) is 0.898. The van der Waals surface area contributed by atoms with Crippen LogP contribution < -0.4 is 10.6 Å². The van der Waals surface area contributed by atoms with Gasteiger partial charge in [0.15, 0.2) is 0 Å². The monoisotopic (exact) mass is 241 g/mol. The van der Waals surface area contributed by atoms with Crippen LogP contribution in [0.2, 0.25) is 0 Å². The molecule has 1 aromatic carbocycles. The summed E-state index contributed by atoms with van der Waals surface area (Å²) in [6.07, 6.45) is 3.46. The third-order valence-electron chi connectivity index (χ3n) is 3.73. The van der Waals surface area contributed by atoms with Crippen LogP contribution in [0.15, 0.2) is 24.3 Å². The minimum Gasteiger partial charge on any atom is -0.398 e. The molecule has 0 amide bonds. The maximum atomic E-state index is 6.29. The number of aromatic nitrogens is 1. The SMILES string of the molecule is CCCCN1CCc2c1nc1ccccc1c2N. The summed E-state index contributed by atoms with van der Waals surface area (Å²) in [5.41, 5.74) is 9.47.